The lowest BCUT2D eigenvalue weighted by Crippen LogP contribution is -2.21. The Balaban J connectivity index is 1.03. The Labute approximate surface area is 405 Å². The van der Waals surface area contributed by atoms with Gasteiger partial charge in [0.2, 0.25) is 0 Å². The van der Waals surface area contributed by atoms with E-state index in [1.54, 1.807) is 0 Å². The van der Waals surface area contributed by atoms with Crippen LogP contribution in [0, 0.1) is 0 Å². The number of fused-ring (bicyclic) bond motifs is 3. The Kier molecular flexibility index (Phi) is 11.5. The Hall–Kier alpha value is -8.80. The molecule has 0 radical (unpaired) electrons. The maximum absolute atomic E-state index is 2.50. The van der Waals surface area contributed by atoms with Gasteiger partial charge in [-0.25, -0.2) is 0 Å². The third-order valence-corrected chi connectivity index (χ3v) is 12.7. The highest BCUT2D eigenvalue weighted by atomic mass is 15.2. The zero-order chi connectivity index (χ0) is 46.7. The Morgan fingerprint density at radius 3 is 0.638 bits per heavy atom. The van der Waals surface area contributed by atoms with E-state index in [2.05, 4.69) is 312 Å². The van der Waals surface area contributed by atoms with Crippen LogP contribution in [0.4, 0.5) is 68.2 Å². The van der Waals surface area contributed by atoms with Crippen molar-refractivity contribution in [3.63, 3.8) is 0 Å². The molecular weight excluding hydrogens is 839 g/mol. The maximum atomic E-state index is 2.50. The van der Waals surface area contributed by atoms with E-state index in [4.69, 9.17) is 0 Å². The average Bonchev–Trinajstić information content (AvgIpc) is 3.74. The average molecular weight is 892 g/mol. The first-order chi connectivity index (χ1) is 33.9. The van der Waals surface area contributed by atoms with Gasteiger partial charge in [0.25, 0.3) is 0 Å². The summed E-state index contributed by atoms with van der Waals surface area (Å²) in [6.45, 7) is 6.89. The molecule has 0 spiro atoms. The quantitative estimate of drug-likeness (QED) is 0.122. The molecule has 0 atom stereocenters. The SMILES string of the molecule is CC(C)(C)n1c2ccc(N(c3ccccc3)c3ccc(N(c4ccccc4)c4ccccc4)cc3)cc2c2cc(N(c3ccccc3)c3ccc(N(c4ccccc4)c4ccccc4)cc3)ccc21. The molecule has 0 N–H and O–H groups in total. The van der Waals surface area contributed by atoms with Gasteiger partial charge in [-0.15, -0.1) is 0 Å². The van der Waals surface area contributed by atoms with Crippen molar-refractivity contribution in [1.82, 2.24) is 4.57 Å². The van der Waals surface area contributed by atoms with Gasteiger partial charge in [0.1, 0.15) is 0 Å². The molecule has 0 aliphatic carbocycles. The molecule has 0 unspecified atom stereocenters. The molecule has 0 amide bonds. The zero-order valence-corrected chi connectivity index (χ0v) is 39.1. The van der Waals surface area contributed by atoms with E-state index in [1.165, 1.54) is 21.8 Å². The van der Waals surface area contributed by atoms with E-state index < -0.39 is 0 Å². The number of hydrogen-bond acceptors (Lipinski definition) is 4. The molecule has 69 heavy (non-hydrogen) atoms. The number of nitrogens with zero attached hydrogens (tertiary/aromatic N) is 5. The molecule has 0 saturated heterocycles. The number of para-hydroxylation sites is 6. The summed E-state index contributed by atoms with van der Waals surface area (Å²) in [6, 6.07) is 95.5. The van der Waals surface area contributed by atoms with Crippen LogP contribution in [0.2, 0.25) is 0 Å². The summed E-state index contributed by atoms with van der Waals surface area (Å²) >= 11 is 0. The molecule has 5 nitrogen and oxygen atoms in total. The van der Waals surface area contributed by atoms with Crippen molar-refractivity contribution in [1.29, 1.82) is 0 Å². The lowest BCUT2D eigenvalue weighted by atomic mass is 10.1. The van der Waals surface area contributed by atoms with Gasteiger partial charge in [-0.1, -0.05) is 109 Å². The van der Waals surface area contributed by atoms with E-state index in [0.717, 1.165) is 68.2 Å². The van der Waals surface area contributed by atoms with Gasteiger partial charge in [0.05, 0.1) is 0 Å². The molecule has 0 bridgehead atoms. The Morgan fingerprint density at radius 1 is 0.232 bits per heavy atom. The predicted octanol–water partition coefficient (Wildman–Crippen LogP) is 18.4. The third kappa shape index (κ3) is 8.47. The smallest absolute Gasteiger partial charge is 0.0497 e. The van der Waals surface area contributed by atoms with Gasteiger partial charge >= 0.3 is 0 Å². The van der Waals surface area contributed by atoms with Crippen LogP contribution in [-0.4, -0.2) is 4.57 Å². The molecule has 1 aromatic heterocycles. The summed E-state index contributed by atoms with van der Waals surface area (Å²) in [4.78, 5) is 9.35. The lowest BCUT2D eigenvalue weighted by Gasteiger charge is -2.28. The molecular formula is C64H53N5. The van der Waals surface area contributed by atoms with Gasteiger partial charge < -0.3 is 24.2 Å². The van der Waals surface area contributed by atoms with Crippen LogP contribution in [0.3, 0.4) is 0 Å². The van der Waals surface area contributed by atoms with E-state index in [9.17, 15) is 0 Å². The highest BCUT2D eigenvalue weighted by molar-refractivity contribution is 6.11. The monoisotopic (exact) mass is 891 g/mol. The number of anilines is 12. The minimum Gasteiger partial charge on any atom is -0.335 e. The minimum atomic E-state index is -0.181. The molecule has 10 aromatic carbocycles. The molecule has 11 rings (SSSR count). The van der Waals surface area contributed by atoms with Crippen LogP contribution in [0.5, 0.6) is 0 Å². The van der Waals surface area contributed by atoms with Crippen LogP contribution < -0.4 is 19.6 Å². The summed E-state index contributed by atoms with van der Waals surface area (Å²) in [5.74, 6) is 0. The van der Waals surface area contributed by atoms with Crippen molar-refractivity contribution >= 4 is 90.1 Å². The van der Waals surface area contributed by atoms with Crippen molar-refractivity contribution in [2.45, 2.75) is 26.3 Å². The third-order valence-electron chi connectivity index (χ3n) is 12.7. The van der Waals surface area contributed by atoms with Crippen molar-refractivity contribution < 1.29 is 0 Å². The number of rotatable bonds is 12. The first-order valence-corrected chi connectivity index (χ1v) is 23.7. The summed E-state index contributed by atoms with van der Waals surface area (Å²) in [5.41, 5.74) is 15.3. The molecule has 1 heterocycles. The van der Waals surface area contributed by atoms with E-state index >= 15 is 0 Å². The Bertz CT molecular complexity index is 3140. The summed E-state index contributed by atoms with van der Waals surface area (Å²) in [6.07, 6.45) is 0. The Morgan fingerprint density at radius 2 is 0.420 bits per heavy atom. The topological polar surface area (TPSA) is 17.9 Å². The molecule has 334 valence electrons. The van der Waals surface area contributed by atoms with E-state index in [-0.39, 0.29) is 5.54 Å². The highest BCUT2D eigenvalue weighted by Crippen LogP contribution is 2.45. The predicted molar refractivity (Wildman–Crippen MR) is 293 cm³/mol. The lowest BCUT2D eigenvalue weighted by molar-refractivity contribution is 0.423. The molecule has 5 heteroatoms. The van der Waals surface area contributed by atoms with Crippen molar-refractivity contribution in [3.8, 4) is 0 Å². The van der Waals surface area contributed by atoms with Crippen molar-refractivity contribution in [2.75, 3.05) is 19.6 Å². The number of hydrogen-bond donors (Lipinski definition) is 0. The van der Waals surface area contributed by atoms with Gasteiger partial charge in [-0.2, -0.15) is 0 Å². The molecule has 0 fully saturated rings. The van der Waals surface area contributed by atoms with Crippen LogP contribution in [0.1, 0.15) is 20.8 Å². The van der Waals surface area contributed by atoms with Crippen molar-refractivity contribution in [3.05, 3.63) is 267 Å². The van der Waals surface area contributed by atoms with E-state index in [0.29, 0.717) is 0 Å². The molecule has 11 aromatic rings. The van der Waals surface area contributed by atoms with Crippen LogP contribution in [-0.2, 0) is 5.54 Å². The van der Waals surface area contributed by atoms with E-state index in [1.807, 2.05) is 0 Å². The fourth-order valence-electron chi connectivity index (χ4n) is 9.75. The summed E-state index contributed by atoms with van der Waals surface area (Å²) < 4.78 is 2.50. The van der Waals surface area contributed by atoms with Gasteiger partial charge in [-0.3, -0.25) is 0 Å². The standard InChI is InChI=1S/C64H53N5/c1-64(2,3)69-62-44-42-58(67(52-30-18-8-19-31-52)56-38-34-54(35-39-56)65(48-22-10-4-11-23-48)49-24-12-5-13-25-49)46-60(62)61-47-59(43-45-63(61)69)68(53-32-20-9-21-33-53)57-40-36-55(37-41-57)66(50-26-14-6-15-27-50)51-28-16-7-17-29-51/h4-47H,1-3H3. The number of benzene rings is 10. The molecule has 0 saturated carbocycles. The summed E-state index contributed by atoms with van der Waals surface area (Å²) in [7, 11) is 0. The normalized spacial score (nSPS) is 11.4. The first kappa shape index (κ1) is 42.8. The van der Waals surface area contributed by atoms with Gasteiger partial charge in [0, 0.05) is 95.6 Å². The fraction of sp³-hybridized carbons (Fsp3) is 0.0625. The second kappa shape index (κ2) is 18.5. The summed E-state index contributed by atoms with van der Waals surface area (Å²) in [5, 5.41) is 2.39. The van der Waals surface area contributed by atoms with Gasteiger partial charge in [0.15, 0.2) is 0 Å². The van der Waals surface area contributed by atoms with Crippen LogP contribution >= 0.6 is 0 Å². The van der Waals surface area contributed by atoms with Gasteiger partial charge in [-0.05, 0) is 178 Å². The fourth-order valence-corrected chi connectivity index (χ4v) is 9.75. The first-order valence-electron chi connectivity index (χ1n) is 23.7. The van der Waals surface area contributed by atoms with Crippen molar-refractivity contribution in [2.24, 2.45) is 0 Å². The largest absolute Gasteiger partial charge is 0.335 e. The number of aromatic nitrogens is 1. The second-order valence-corrected chi connectivity index (χ2v) is 18.3. The van der Waals surface area contributed by atoms with Crippen LogP contribution in [0.25, 0.3) is 21.8 Å². The zero-order valence-electron chi connectivity index (χ0n) is 39.1. The maximum Gasteiger partial charge on any atom is 0.0497 e. The molecule has 0 aliphatic rings. The highest BCUT2D eigenvalue weighted by Gasteiger charge is 2.24. The minimum absolute atomic E-state index is 0.181. The molecule has 0 aliphatic heterocycles. The second-order valence-electron chi connectivity index (χ2n) is 18.3. The van der Waals surface area contributed by atoms with Crippen LogP contribution in [0.15, 0.2) is 267 Å².